The van der Waals surface area contributed by atoms with E-state index in [1.165, 1.54) is 6.92 Å². The number of carbonyl (C=O) groups is 1. The van der Waals surface area contributed by atoms with E-state index >= 15 is 0 Å². The third-order valence-corrected chi connectivity index (χ3v) is 4.36. The lowest BCUT2D eigenvalue weighted by atomic mass is 10.0. The van der Waals surface area contributed by atoms with E-state index in [4.69, 9.17) is 14.3 Å². The Balaban J connectivity index is 1.80. The maximum Gasteiger partial charge on any atom is 0.306 e. The van der Waals surface area contributed by atoms with Crippen LogP contribution in [0.5, 0.6) is 5.75 Å². The molecule has 2 aromatic carbocycles. The molecule has 146 valence electrons. The summed E-state index contributed by atoms with van der Waals surface area (Å²) in [5.41, 5.74) is 1.78. The molecular formula is C22H20F2O4. The van der Waals surface area contributed by atoms with Gasteiger partial charge in [-0.3, -0.25) is 4.79 Å². The molecule has 0 saturated carbocycles. The lowest BCUT2D eigenvalue weighted by Gasteiger charge is -2.12. The molecule has 1 unspecified atom stereocenters. The molecule has 0 radical (unpaired) electrons. The second kappa shape index (κ2) is 8.25. The summed E-state index contributed by atoms with van der Waals surface area (Å²) in [6.07, 6.45) is 0.0303. The average Bonchev–Trinajstić information content (AvgIpc) is 3.02. The minimum absolute atomic E-state index is 0.0303. The third-order valence-electron chi connectivity index (χ3n) is 4.36. The average molecular weight is 386 g/mol. The van der Waals surface area contributed by atoms with Gasteiger partial charge in [0, 0.05) is 11.1 Å². The summed E-state index contributed by atoms with van der Waals surface area (Å²) >= 11 is 0. The number of rotatable bonds is 7. The highest BCUT2D eigenvalue weighted by Gasteiger charge is 2.18. The van der Waals surface area contributed by atoms with E-state index in [2.05, 4.69) is 0 Å². The Bertz CT molecular complexity index is 956. The molecule has 3 rings (SSSR count). The van der Waals surface area contributed by atoms with Gasteiger partial charge in [-0.2, -0.15) is 0 Å². The van der Waals surface area contributed by atoms with Crippen LogP contribution in [0.15, 0.2) is 52.9 Å². The molecule has 3 aromatic rings. The fourth-order valence-corrected chi connectivity index (χ4v) is 2.97. The number of hydrogen-bond acceptors (Lipinski definition) is 3. The van der Waals surface area contributed by atoms with Crippen molar-refractivity contribution in [2.75, 3.05) is 0 Å². The maximum atomic E-state index is 14.4. The van der Waals surface area contributed by atoms with Crippen molar-refractivity contribution in [2.45, 2.75) is 26.9 Å². The molecule has 0 aliphatic rings. The van der Waals surface area contributed by atoms with Crippen molar-refractivity contribution < 1.29 is 27.8 Å². The third kappa shape index (κ3) is 4.39. The van der Waals surface area contributed by atoms with Gasteiger partial charge in [-0.25, -0.2) is 8.78 Å². The minimum atomic E-state index is -1.02. The smallest absolute Gasteiger partial charge is 0.306 e. The predicted molar refractivity (Wildman–Crippen MR) is 100 cm³/mol. The monoisotopic (exact) mass is 386 g/mol. The largest absolute Gasteiger partial charge is 0.483 e. The Morgan fingerprint density at radius 3 is 2.39 bits per heavy atom. The fraction of sp³-hybridized carbons (Fsp3) is 0.227. The molecule has 1 N–H and O–H groups in total. The zero-order valence-electron chi connectivity index (χ0n) is 15.5. The number of aliphatic carboxylic acids is 1. The predicted octanol–water partition coefficient (Wildman–Crippen LogP) is 5.38. The Morgan fingerprint density at radius 2 is 1.79 bits per heavy atom. The van der Waals surface area contributed by atoms with Crippen molar-refractivity contribution in [3.8, 4) is 17.1 Å². The molecule has 1 aromatic heterocycles. The van der Waals surface area contributed by atoms with E-state index in [0.717, 1.165) is 17.7 Å². The number of benzene rings is 2. The molecule has 0 spiro atoms. The highest BCUT2D eigenvalue weighted by atomic mass is 19.1. The van der Waals surface area contributed by atoms with E-state index in [-0.39, 0.29) is 18.6 Å². The Labute approximate surface area is 161 Å². The van der Waals surface area contributed by atoms with E-state index in [0.29, 0.717) is 17.1 Å². The standard InChI is InChI=1S/C22H20F2O4/c1-13(22(25)26)8-15-10-18(23)21(19(24)11-15)27-12-17-9-14(2)28-20(17)16-6-4-3-5-7-16/h3-7,9-11,13H,8,12H2,1-2H3,(H,25,26). The molecular weight excluding hydrogens is 366 g/mol. The zero-order chi connectivity index (χ0) is 20.3. The first-order valence-electron chi connectivity index (χ1n) is 8.83. The summed E-state index contributed by atoms with van der Waals surface area (Å²) < 4.78 is 39.8. The van der Waals surface area contributed by atoms with Crippen LogP contribution in [0.1, 0.15) is 23.8 Å². The van der Waals surface area contributed by atoms with Gasteiger partial charge in [0.15, 0.2) is 17.4 Å². The molecule has 0 aliphatic heterocycles. The quantitative estimate of drug-likeness (QED) is 0.593. The second-order valence-electron chi connectivity index (χ2n) is 6.70. The van der Waals surface area contributed by atoms with Gasteiger partial charge in [0.05, 0.1) is 5.92 Å². The number of aryl methyl sites for hydroxylation is 1. The molecule has 0 saturated heterocycles. The van der Waals surface area contributed by atoms with Crippen LogP contribution in [0.2, 0.25) is 0 Å². The van der Waals surface area contributed by atoms with Gasteiger partial charge in [-0.15, -0.1) is 0 Å². The molecule has 0 bridgehead atoms. The minimum Gasteiger partial charge on any atom is -0.483 e. The van der Waals surface area contributed by atoms with Gasteiger partial charge in [-0.1, -0.05) is 37.3 Å². The van der Waals surface area contributed by atoms with E-state index in [1.807, 2.05) is 30.3 Å². The maximum absolute atomic E-state index is 14.4. The fourth-order valence-electron chi connectivity index (χ4n) is 2.97. The summed E-state index contributed by atoms with van der Waals surface area (Å²) in [6, 6.07) is 13.4. The van der Waals surface area contributed by atoms with Gasteiger partial charge in [0.25, 0.3) is 0 Å². The van der Waals surface area contributed by atoms with Crippen molar-refractivity contribution in [1.82, 2.24) is 0 Å². The van der Waals surface area contributed by atoms with Crippen molar-refractivity contribution >= 4 is 5.97 Å². The molecule has 0 aliphatic carbocycles. The molecule has 4 nitrogen and oxygen atoms in total. The summed E-state index contributed by atoms with van der Waals surface area (Å²) in [5, 5.41) is 8.95. The van der Waals surface area contributed by atoms with Gasteiger partial charge in [0.1, 0.15) is 18.1 Å². The summed E-state index contributed by atoms with van der Waals surface area (Å²) in [4.78, 5) is 10.9. The highest BCUT2D eigenvalue weighted by Crippen LogP contribution is 2.30. The van der Waals surface area contributed by atoms with Crippen molar-refractivity contribution in [2.24, 2.45) is 5.92 Å². The lowest BCUT2D eigenvalue weighted by molar-refractivity contribution is -0.141. The van der Waals surface area contributed by atoms with Crippen LogP contribution in [-0.2, 0) is 17.8 Å². The van der Waals surface area contributed by atoms with Gasteiger partial charge in [0.2, 0.25) is 0 Å². The Kier molecular flexibility index (Phi) is 5.78. The van der Waals surface area contributed by atoms with Crippen molar-refractivity contribution in [3.05, 3.63) is 77.1 Å². The van der Waals surface area contributed by atoms with Crippen LogP contribution in [0.4, 0.5) is 8.78 Å². The van der Waals surface area contributed by atoms with Gasteiger partial charge in [-0.05, 0) is 37.1 Å². The molecule has 6 heteroatoms. The van der Waals surface area contributed by atoms with Gasteiger partial charge < -0.3 is 14.3 Å². The highest BCUT2D eigenvalue weighted by molar-refractivity contribution is 5.69. The number of ether oxygens (including phenoxy) is 1. The topological polar surface area (TPSA) is 59.7 Å². The number of hydrogen-bond donors (Lipinski definition) is 1. The number of halogens is 2. The Hall–Kier alpha value is -3.15. The van der Waals surface area contributed by atoms with E-state index < -0.39 is 29.3 Å². The molecule has 1 atom stereocenters. The lowest BCUT2D eigenvalue weighted by Crippen LogP contribution is -2.12. The summed E-state index contributed by atoms with van der Waals surface area (Å²) in [5.74, 6) is -2.74. The normalized spacial score (nSPS) is 12.0. The number of carboxylic acids is 1. The van der Waals surface area contributed by atoms with Crippen LogP contribution in [0, 0.1) is 24.5 Å². The Morgan fingerprint density at radius 1 is 1.14 bits per heavy atom. The number of furan rings is 1. The zero-order valence-corrected chi connectivity index (χ0v) is 15.5. The summed E-state index contributed by atoms with van der Waals surface area (Å²) in [7, 11) is 0. The second-order valence-corrected chi connectivity index (χ2v) is 6.70. The van der Waals surface area contributed by atoms with Crippen molar-refractivity contribution in [3.63, 3.8) is 0 Å². The van der Waals surface area contributed by atoms with Gasteiger partial charge >= 0.3 is 5.97 Å². The molecule has 28 heavy (non-hydrogen) atoms. The SMILES string of the molecule is Cc1cc(COc2c(F)cc(CC(C)C(=O)O)cc2F)c(-c2ccccc2)o1. The molecule has 1 heterocycles. The first-order valence-corrected chi connectivity index (χ1v) is 8.83. The van der Waals surface area contributed by atoms with Crippen LogP contribution >= 0.6 is 0 Å². The number of carboxylic acid groups (broad SMARTS) is 1. The first-order chi connectivity index (χ1) is 13.3. The summed E-state index contributed by atoms with van der Waals surface area (Å²) in [6.45, 7) is 3.20. The van der Waals surface area contributed by atoms with Crippen LogP contribution in [-0.4, -0.2) is 11.1 Å². The van der Waals surface area contributed by atoms with E-state index in [9.17, 15) is 13.6 Å². The molecule has 0 fully saturated rings. The van der Waals surface area contributed by atoms with E-state index in [1.54, 1.807) is 13.0 Å². The van der Waals surface area contributed by atoms with Crippen LogP contribution < -0.4 is 4.74 Å². The van der Waals surface area contributed by atoms with Crippen LogP contribution in [0.3, 0.4) is 0 Å². The van der Waals surface area contributed by atoms with Crippen LogP contribution in [0.25, 0.3) is 11.3 Å². The first kappa shape index (κ1) is 19.6. The molecule has 0 amide bonds. The van der Waals surface area contributed by atoms with Crippen molar-refractivity contribution in [1.29, 1.82) is 0 Å².